The molecule has 2 fully saturated rings. The van der Waals surface area contributed by atoms with Gasteiger partial charge in [-0.15, -0.1) is 0 Å². The maximum absolute atomic E-state index is 13.1. The van der Waals surface area contributed by atoms with E-state index < -0.39 is 5.54 Å². The van der Waals surface area contributed by atoms with E-state index in [-0.39, 0.29) is 29.8 Å². The number of nitrogens with zero attached hydrogens (tertiary/aromatic N) is 3. The Bertz CT molecular complexity index is 877. The summed E-state index contributed by atoms with van der Waals surface area (Å²) in [6.45, 7) is 6.69. The van der Waals surface area contributed by atoms with Crippen LogP contribution in [0.5, 0.6) is 0 Å². The first kappa shape index (κ1) is 18.7. The first-order valence-corrected chi connectivity index (χ1v) is 9.81. The molecule has 4 rings (SSSR count). The van der Waals surface area contributed by atoms with Gasteiger partial charge in [0, 0.05) is 5.56 Å². The van der Waals surface area contributed by atoms with Gasteiger partial charge in [0.1, 0.15) is 12.1 Å². The van der Waals surface area contributed by atoms with Crippen LogP contribution in [0.4, 0.5) is 4.79 Å². The van der Waals surface area contributed by atoms with Gasteiger partial charge in [-0.2, -0.15) is 4.98 Å². The molecular formula is C21H26N4O3. The minimum Gasteiger partial charge on any atom is -0.337 e. The molecule has 1 saturated heterocycles. The fourth-order valence-electron chi connectivity index (χ4n) is 4.29. The van der Waals surface area contributed by atoms with E-state index in [4.69, 9.17) is 4.52 Å². The Hall–Kier alpha value is -2.70. The lowest BCUT2D eigenvalue weighted by Crippen LogP contribution is -2.50. The predicted molar refractivity (Wildman–Crippen MR) is 103 cm³/mol. The third-order valence-corrected chi connectivity index (χ3v) is 6.10. The summed E-state index contributed by atoms with van der Waals surface area (Å²) < 4.78 is 5.28. The molecule has 1 spiro atoms. The van der Waals surface area contributed by atoms with Gasteiger partial charge in [-0.3, -0.25) is 9.69 Å². The molecule has 0 atom stereocenters. The van der Waals surface area contributed by atoms with Gasteiger partial charge in [-0.1, -0.05) is 56.3 Å². The zero-order chi connectivity index (χ0) is 19.9. The maximum atomic E-state index is 13.1. The zero-order valence-corrected chi connectivity index (χ0v) is 16.6. The lowest BCUT2D eigenvalue weighted by molar-refractivity contribution is -0.133. The van der Waals surface area contributed by atoms with Crippen LogP contribution in [0.25, 0.3) is 11.4 Å². The van der Waals surface area contributed by atoms with E-state index in [0.717, 1.165) is 18.4 Å². The number of rotatable bonds is 3. The number of carbonyl (C=O) groups is 2. The summed E-state index contributed by atoms with van der Waals surface area (Å²) in [5.74, 6) is 1.08. The van der Waals surface area contributed by atoms with Crippen LogP contribution in [-0.2, 0) is 11.3 Å². The summed E-state index contributed by atoms with van der Waals surface area (Å²) in [5, 5.41) is 6.91. The van der Waals surface area contributed by atoms with Crippen molar-refractivity contribution in [2.45, 2.75) is 58.5 Å². The summed E-state index contributed by atoms with van der Waals surface area (Å²) in [5.41, 5.74) is 0.262. The van der Waals surface area contributed by atoms with Crippen molar-refractivity contribution in [2.24, 2.45) is 11.3 Å². The molecule has 0 unspecified atom stereocenters. The minimum atomic E-state index is -0.777. The molecular weight excluding hydrogens is 356 g/mol. The largest absolute Gasteiger partial charge is 0.337 e. The highest BCUT2D eigenvalue weighted by molar-refractivity contribution is 6.07. The van der Waals surface area contributed by atoms with Crippen LogP contribution >= 0.6 is 0 Å². The molecule has 1 aromatic heterocycles. The maximum Gasteiger partial charge on any atom is 0.325 e. The van der Waals surface area contributed by atoms with E-state index >= 15 is 0 Å². The number of aromatic nitrogens is 2. The van der Waals surface area contributed by atoms with Crippen LogP contribution in [0.15, 0.2) is 34.9 Å². The molecule has 3 amide bonds. The van der Waals surface area contributed by atoms with E-state index in [1.807, 2.05) is 30.3 Å². The van der Waals surface area contributed by atoms with Crippen molar-refractivity contribution in [1.29, 1.82) is 0 Å². The Morgan fingerprint density at radius 2 is 1.86 bits per heavy atom. The Morgan fingerprint density at radius 1 is 1.18 bits per heavy atom. The molecule has 1 aromatic carbocycles. The second-order valence-electron chi connectivity index (χ2n) is 8.92. The van der Waals surface area contributed by atoms with Crippen LogP contribution in [0, 0.1) is 11.3 Å². The Kier molecular flexibility index (Phi) is 4.48. The first-order valence-electron chi connectivity index (χ1n) is 9.81. The molecule has 1 aliphatic heterocycles. The molecule has 1 N–H and O–H groups in total. The molecule has 28 heavy (non-hydrogen) atoms. The summed E-state index contributed by atoms with van der Waals surface area (Å²) in [6.07, 6.45) is 3.22. The third-order valence-electron chi connectivity index (χ3n) is 6.10. The van der Waals surface area contributed by atoms with Crippen LogP contribution in [0.1, 0.15) is 52.3 Å². The number of nitrogens with one attached hydrogen (secondary N) is 1. The average molecular weight is 382 g/mol. The quantitative estimate of drug-likeness (QED) is 0.817. The normalized spacial score (nSPS) is 25.4. The number of amides is 3. The second kappa shape index (κ2) is 6.72. The predicted octanol–water partition coefficient (Wildman–Crippen LogP) is 3.76. The van der Waals surface area contributed by atoms with Crippen molar-refractivity contribution >= 4 is 11.9 Å². The highest BCUT2D eigenvalue weighted by Gasteiger charge is 2.53. The third kappa shape index (κ3) is 3.30. The van der Waals surface area contributed by atoms with Gasteiger partial charge in [-0.25, -0.2) is 4.79 Å². The summed E-state index contributed by atoms with van der Waals surface area (Å²) >= 11 is 0. The van der Waals surface area contributed by atoms with E-state index in [9.17, 15) is 9.59 Å². The Morgan fingerprint density at radius 3 is 2.50 bits per heavy atom. The highest BCUT2D eigenvalue weighted by Crippen LogP contribution is 2.43. The summed E-state index contributed by atoms with van der Waals surface area (Å²) in [7, 11) is 0. The number of benzene rings is 1. The number of carbonyl (C=O) groups excluding carboxylic acids is 2. The van der Waals surface area contributed by atoms with Gasteiger partial charge in [-0.05, 0) is 37.0 Å². The smallest absolute Gasteiger partial charge is 0.325 e. The van der Waals surface area contributed by atoms with Crippen LogP contribution in [0.3, 0.4) is 0 Å². The number of imide groups is 1. The average Bonchev–Trinajstić information content (AvgIpc) is 3.22. The van der Waals surface area contributed by atoms with Gasteiger partial charge in [0.2, 0.25) is 11.7 Å². The van der Waals surface area contributed by atoms with Gasteiger partial charge < -0.3 is 9.84 Å². The molecule has 7 heteroatoms. The fourth-order valence-corrected chi connectivity index (χ4v) is 4.29. The zero-order valence-electron chi connectivity index (χ0n) is 16.6. The van der Waals surface area contributed by atoms with Crippen molar-refractivity contribution in [2.75, 3.05) is 0 Å². The Balaban J connectivity index is 1.46. The van der Waals surface area contributed by atoms with Crippen LogP contribution in [-0.4, -0.2) is 32.5 Å². The van der Waals surface area contributed by atoms with Crippen molar-refractivity contribution in [1.82, 2.24) is 20.4 Å². The first-order chi connectivity index (χ1) is 13.3. The topological polar surface area (TPSA) is 88.3 Å². The van der Waals surface area contributed by atoms with Crippen molar-refractivity contribution in [3.05, 3.63) is 36.2 Å². The lowest BCUT2D eigenvalue weighted by Gasteiger charge is -2.40. The lowest BCUT2D eigenvalue weighted by atomic mass is 9.67. The SMILES string of the molecule is CC(C)(C)C1CCC2(CC1)NC(=O)N(Cc1nc(-c3ccccc3)no1)C2=O. The number of hydrogen-bond acceptors (Lipinski definition) is 5. The molecule has 2 aromatic rings. The molecule has 1 saturated carbocycles. The fraction of sp³-hybridized carbons (Fsp3) is 0.524. The van der Waals surface area contributed by atoms with Crippen LogP contribution in [0.2, 0.25) is 0 Å². The van der Waals surface area contributed by atoms with E-state index in [1.165, 1.54) is 4.90 Å². The van der Waals surface area contributed by atoms with E-state index in [1.54, 1.807) is 0 Å². The molecule has 2 heterocycles. The number of urea groups is 1. The molecule has 7 nitrogen and oxygen atoms in total. The van der Waals surface area contributed by atoms with Crippen molar-refractivity contribution in [3.63, 3.8) is 0 Å². The molecule has 2 aliphatic rings. The number of hydrogen-bond donors (Lipinski definition) is 1. The summed E-state index contributed by atoms with van der Waals surface area (Å²) in [6, 6.07) is 9.07. The molecule has 1 aliphatic carbocycles. The monoisotopic (exact) mass is 382 g/mol. The van der Waals surface area contributed by atoms with Gasteiger partial charge in [0.15, 0.2) is 0 Å². The standard InChI is InChI=1S/C21H26N4O3/c1-20(2,3)15-9-11-21(12-10-15)18(26)25(19(27)23-21)13-16-22-17(24-28-16)14-7-5-4-6-8-14/h4-8,15H,9-13H2,1-3H3,(H,23,27). The Labute approximate surface area is 164 Å². The van der Waals surface area contributed by atoms with Crippen molar-refractivity contribution < 1.29 is 14.1 Å². The van der Waals surface area contributed by atoms with Crippen molar-refractivity contribution in [3.8, 4) is 11.4 Å². The van der Waals surface area contributed by atoms with Gasteiger partial charge in [0.05, 0.1) is 0 Å². The highest BCUT2D eigenvalue weighted by atomic mass is 16.5. The van der Waals surface area contributed by atoms with Crippen LogP contribution < -0.4 is 5.32 Å². The molecule has 148 valence electrons. The van der Waals surface area contributed by atoms with Gasteiger partial charge in [0.25, 0.3) is 5.91 Å². The van der Waals surface area contributed by atoms with Gasteiger partial charge >= 0.3 is 6.03 Å². The molecule has 0 bridgehead atoms. The minimum absolute atomic E-state index is 0.00501. The van der Waals surface area contributed by atoms with E-state index in [2.05, 4.69) is 36.2 Å². The second-order valence-corrected chi connectivity index (χ2v) is 8.92. The summed E-state index contributed by atoms with van der Waals surface area (Å²) in [4.78, 5) is 31.2. The van der Waals surface area contributed by atoms with E-state index in [0.29, 0.717) is 24.6 Å². The molecule has 0 radical (unpaired) electrons.